The third-order valence-corrected chi connectivity index (χ3v) is 9.33. The van der Waals surface area contributed by atoms with E-state index in [-0.39, 0.29) is 18.5 Å². The first-order valence-electron chi connectivity index (χ1n) is 15.5. The molecule has 3 aliphatic rings. The number of nitrogens with zero attached hydrogens (tertiary/aromatic N) is 7. The number of amides is 1. The summed E-state index contributed by atoms with van der Waals surface area (Å²) in [5.74, 6) is 0.757. The van der Waals surface area contributed by atoms with Crippen molar-refractivity contribution in [1.29, 1.82) is 0 Å². The Morgan fingerprint density at radius 1 is 1.12 bits per heavy atom. The average Bonchev–Trinajstić information content (AvgIpc) is 3.46. The topological polar surface area (TPSA) is 69.4 Å². The fraction of sp³-hybridized carbons (Fsp3) is 0.471. The van der Waals surface area contributed by atoms with Crippen LogP contribution < -0.4 is 14.5 Å². The Morgan fingerprint density at radius 2 is 1.95 bits per heavy atom. The fourth-order valence-electron chi connectivity index (χ4n) is 6.95. The summed E-state index contributed by atoms with van der Waals surface area (Å²) in [5, 5.41) is 2.57. The van der Waals surface area contributed by atoms with Gasteiger partial charge >= 0.3 is 6.01 Å². The van der Waals surface area contributed by atoms with Crippen LogP contribution in [0.15, 0.2) is 49.1 Å². The first-order chi connectivity index (χ1) is 21.0. The van der Waals surface area contributed by atoms with Crippen LogP contribution in [0.25, 0.3) is 15.6 Å². The molecule has 0 N–H and O–H groups in total. The van der Waals surface area contributed by atoms with Crippen molar-refractivity contribution >= 4 is 28.2 Å². The van der Waals surface area contributed by atoms with Crippen LogP contribution in [0.1, 0.15) is 36.6 Å². The minimum atomic E-state index is -0.220. The number of anilines is 2. The molecule has 9 nitrogen and oxygen atoms in total. The molecule has 3 aliphatic heterocycles. The summed E-state index contributed by atoms with van der Waals surface area (Å²) in [5.41, 5.74) is 4.72. The Bertz CT molecular complexity index is 1540. The number of benzene rings is 2. The number of carbonyl (C=O) groups is 1. The highest BCUT2D eigenvalue weighted by atomic mass is 16.5. The monoisotopic (exact) mass is 579 g/mol. The van der Waals surface area contributed by atoms with Gasteiger partial charge in [-0.2, -0.15) is 9.97 Å². The third kappa shape index (κ3) is 5.76. The van der Waals surface area contributed by atoms with Gasteiger partial charge in [-0.1, -0.05) is 43.8 Å². The lowest BCUT2D eigenvalue weighted by molar-refractivity contribution is -0.128. The van der Waals surface area contributed by atoms with Crippen LogP contribution in [0.3, 0.4) is 0 Å². The van der Waals surface area contributed by atoms with Crippen LogP contribution in [-0.4, -0.2) is 90.7 Å². The van der Waals surface area contributed by atoms with Crippen molar-refractivity contribution in [2.75, 3.05) is 62.7 Å². The summed E-state index contributed by atoms with van der Waals surface area (Å²) < 4.78 is 6.32. The normalized spacial score (nSPS) is 20.6. The van der Waals surface area contributed by atoms with Gasteiger partial charge in [0.1, 0.15) is 18.5 Å². The zero-order valence-corrected chi connectivity index (χ0v) is 25.3. The first-order valence-corrected chi connectivity index (χ1v) is 15.5. The summed E-state index contributed by atoms with van der Waals surface area (Å²) >= 11 is 0. The second-order valence-electron chi connectivity index (χ2n) is 11.8. The molecule has 0 radical (unpaired) electrons. The summed E-state index contributed by atoms with van der Waals surface area (Å²) in [6.07, 6.45) is 5.42. The number of fused-ring (bicyclic) bond motifs is 2. The zero-order valence-electron chi connectivity index (χ0n) is 25.3. The maximum atomic E-state index is 12.6. The number of carbonyl (C=O) groups excluding carboxylic acids is 1. The van der Waals surface area contributed by atoms with E-state index in [2.05, 4.69) is 76.5 Å². The lowest BCUT2D eigenvalue weighted by Crippen LogP contribution is -2.56. The summed E-state index contributed by atoms with van der Waals surface area (Å²) in [7, 11) is 2.15. The highest BCUT2D eigenvalue weighted by Crippen LogP contribution is 2.36. The number of piperazine rings is 1. The number of aryl methyl sites for hydroxylation is 1. The predicted molar refractivity (Wildman–Crippen MR) is 171 cm³/mol. The summed E-state index contributed by atoms with van der Waals surface area (Å²) in [4.78, 5) is 35.0. The van der Waals surface area contributed by atoms with Crippen LogP contribution in [0.5, 0.6) is 6.01 Å². The van der Waals surface area contributed by atoms with E-state index in [0.29, 0.717) is 44.8 Å². The van der Waals surface area contributed by atoms with Crippen LogP contribution >= 0.6 is 0 Å². The molecule has 2 atom stereocenters. The first kappa shape index (κ1) is 28.9. The van der Waals surface area contributed by atoms with Gasteiger partial charge in [-0.3, -0.25) is 4.79 Å². The van der Waals surface area contributed by atoms with Crippen molar-refractivity contribution in [2.24, 2.45) is 0 Å². The van der Waals surface area contributed by atoms with Gasteiger partial charge in [0.25, 0.3) is 0 Å². The molecule has 0 unspecified atom stereocenters. The van der Waals surface area contributed by atoms with E-state index < -0.39 is 0 Å². The molecule has 0 spiro atoms. The van der Waals surface area contributed by atoms with E-state index >= 15 is 0 Å². The Labute approximate surface area is 254 Å². The minimum Gasteiger partial charge on any atom is -0.462 e. The van der Waals surface area contributed by atoms with E-state index in [9.17, 15) is 4.79 Å². The maximum absolute atomic E-state index is 12.6. The Kier molecular flexibility index (Phi) is 8.48. The molecule has 6 rings (SSSR count). The van der Waals surface area contributed by atoms with E-state index in [4.69, 9.17) is 21.3 Å². The van der Waals surface area contributed by atoms with E-state index in [0.717, 1.165) is 49.4 Å². The van der Waals surface area contributed by atoms with Crippen LogP contribution in [-0.2, 0) is 24.2 Å². The molecule has 2 saturated heterocycles. The molecule has 43 heavy (non-hydrogen) atoms. The number of likely N-dealkylation sites (tertiary alicyclic amines) is 1. The zero-order chi connectivity index (χ0) is 29.9. The van der Waals surface area contributed by atoms with Crippen LogP contribution in [0, 0.1) is 6.57 Å². The summed E-state index contributed by atoms with van der Waals surface area (Å²) in [6.45, 7) is 18.5. The predicted octanol–water partition coefficient (Wildman–Crippen LogP) is 4.35. The molecule has 9 heteroatoms. The molecule has 2 fully saturated rings. The largest absolute Gasteiger partial charge is 0.462 e. The molecular formula is C34H41N7O2. The lowest BCUT2D eigenvalue weighted by Gasteiger charge is -2.41. The smallest absolute Gasteiger partial charge is 0.318 e. The van der Waals surface area contributed by atoms with Crippen molar-refractivity contribution in [3.05, 3.63) is 77.3 Å². The standard InChI is InChI=1S/C34H41N7O2/c1-5-24-10-7-11-25-12-8-14-30(32(24)25)39-17-15-28-29(22-39)36-34(43-23-26-13-9-16-38(26)4)37-33(28)40-18-19-41(31(42)6-2)27(21-40)20-35-3/h6-8,10-12,14,26-27H,2,5,9,13,15-23H2,1,4H3/t26-,27-/m0/s1. The van der Waals surface area contributed by atoms with Gasteiger partial charge < -0.3 is 29.2 Å². The number of rotatable bonds is 8. The molecule has 1 aromatic heterocycles. The van der Waals surface area contributed by atoms with E-state index in [1.807, 2.05) is 0 Å². The third-order valence-electron chi connectivity index (χ3n) is 9.33. The van der Waals surface area contributed by atoms with Gasteiger partial charge in [0, 0.05) is 48.9 Å². The lowest BCUT2D eigenvalue weighted by atomic mass is 9.98. The van der Waals surface area contributed by atoms with E-state index in [1.165, 1.54) is 34.5 Å². The van der Waals surface area contributed by atoms with Gasteiger partial charge in [0.15, 0.2) is 0 Å². The van der Waals surface area contributed by atoms with Crippen molar-refractivity contribution in [2.45, 2.75) is 51.2 Å². The van der Waals surface area contributed by atoms with Gasteiger partial charge in [-0.25, -0.2) is 6.57 Å². The van der Waals surface area contributed by atoms with Crippen molar-refractivity contribution < 1.29 is 9.53 Å². The van der Waals surface area contributed by atoms with Gasteiger partial charge in [0.2, 0.25) is 12.5 Å². The Morgan fingerprint density at radius 3 is 2.70 bits per heavy atom. The van der Waals surface area contributed by atoms with Gasteiger partial charge in [0.05, 0.1) is 12.2 Å². The van der Waals surface area contributed by atoms with Crippen molar-refractivity contribution in [3.8, 4) is 6.01 Å². The fourth-order valence-corrected chi connectivity index (χ4v) is 6.95. The van der Waals surface area contributed by atoms with Gasteiger partial charge in [-0.15, -0.1) is 0 Å². The summed E-state index contributed by atoms with van der Waals surface area (Å²) in [6, 6.07) is 13.7. The second-order valence-corrected chi connectivity index (χ2v) is 11.8. The number of hydrogen-bond acceptors (Lipinski definition) is 7. The highest BCUT2D eigenvalue weighted by Gasteiger charge is 2.35. The van der Waals surface area contributed by atoms with Crippen molar-refractivity contribution in [1.82, 2.24) is 19.8 Å². The Balaban J connectivity index is 1.35. The second kappa shape index (κ2) is 12.6. The molecular weight excluding hydrogens is 538 g/mol. The molecule has 0 saturated carbocycles. The van der Waals surface area contributed by atoms with Gasteiger partial charge in [-0.05, 0) is 62.4 Å². The molecule has 3 aromatic rings. The molecule has 0 bridgehead atoms. The quantitative estimate of drug-likeness (QED) is 0.290. The molecule has 224 valence electrons. The molecule has 4 heterocycles. The number of likely N-dealkylation sites (N-methyl/N-ethyl adjacent to an activating group) is 1. The number of ether oxygens (including phenoxy) is 1. The average molecular weight is 580 g/mol. The highest BCUT2D eigenvalue weighted by molar-refractivity contribution is 5.97. The molecule has 2 aromatic carbocycles. The van der Waals surface area contributed by atoms with Crippen molar-refractivity contribution in [3.63, 3.8) is 0 Å². The molecule has 1 amide bonds. The molecule has 0 aliphatic carbocycles. The SMILES string of the molecule is [C-]#[N+]C[C@H]1CN(c2nc(OC[C@@H]3CCCN3C)nc3c2CCN(c2cccc4cccc(CC)c24)C3)CCN1C(=O)C=C. The number of aromatic nitrogens is 2. The van der Waals surface area contributed by atoms with E-state index in [1.54, 1.807) is 4.90 Å². The van der Waals surface area contributed by atoms with Crippen LogP contribution in [0.2, 0.25) is 0 Å². The Hall–Kier alpha value is -4.16. The maximum Gasteiger partial charge on any atom is 0.318 e. The van der Waals surface area contributed by atoms with Crippen LogP contribution in [0.4, 0.5) is 11.5 Å². The minimum absolute atomic E-state index is 0.125. The number of hydrogen-bond donors (Lipinski definition) is 0.